The molecule has 3 aromatic rings. The Kier molecular flexibility index (Phi) is 4.67. The zero-order valence-corrected chi connectivity index (χ0v) is 16.2. The van der Waals surface area contributed by atoms with Crippen molar-refractivity contribution < 1.29 is 32.2 Å². The van der Waals surface area contributed by atoms with E-state index < -0.39 is 23.8 Å². The Morgan fingerprint density at radius 3 is 2.73 bits per heavy atom. The number of alkyl halides is 3. The number of carbonyl (C=O) groups excluding carboxylic acids is 1. The highest BCUT2D eigenvalue weighted by molar-refractivity contribution is 5.94. The van der Waals surface area contributed by atoms with Crippen LogP contribution >= 0.6 is 0 Å². The summed E-state index contributed by atoms with van der Waals surface area (Å²) < 4.78 is 57.8. The molecule has 2 aromatic heterocycles. The summed E-state index contributed by atoms with van der Waals surface area (Å²) in [6.45, 7) is 2.98. The molecule has 0 saturated heterocycles. The second-order valence-corrected chi connectivity index (χ2v) is 6.73. The monoisotopic (exact) mass is 422 g/mol. The van der Waals surface area contributed by atoms with E-state index in [1.165, 1.54) is 25.6 Å². The third-order valence-corrected chi connectivity index (χ3v) is 4.56. The molecule has 0 unspecified atom stereocenters. The number of carbonyl (C=O) groups is 1. The van der Waals surface area contributed by atoms with Gasteiger partial charge in [0.1, 0.15) is 0 Å². The number of fused-ring (bicyclic) bond motifs is 2. The molecule has 4 rings (SSSR count). The lowest BCUT2D eigenvalue weighted by Crippen LogP contribution is -2.30. The van der Waals surface area contributed by atoms with E-state index in [2.05, 4.69) is 15.4 Å². The smallest absolute Gasteiger partial charge is 0.417 e. The molecule has 0 bridgehead atoms. The predicted molar refractivity (Wildman–Crippen MR) is 99.5 cm³/mol. The summed E-state index contributed by atoms with van der Waals surface area (Å²) in [6, 6.07) is 5.61. The van der Waals surface area contributed by atoms with Crippen molar-refractivity contribution in [2.75, 3.05) is 12.1 Å². The van der Waals surface area contributed by atoms with Crippen molar-refractivity contribution in [3.8, 4) is 17.4 Å². The first kappa shape index (κ1) is 19.8. The zero-order chi connectivity index (χ0) is 21.6. The summed E-state index contributed by atoms with van der Waals surface area (Å²) >= 11 is 0. The number of amides is 1. The Bertz CT molecular complexity index is 1140. The average Bonchev–Trinajstić information content (AvgIpc) is 3.24. The fourth-order valence-electron chi connectivity index (χ4n) is 3.16. The second-order valence-electron chi connectivity index (χ2n) is 6.73. The van der Waals surface area contributed by atoms with Gasteiger partial charge in [0.15, 0.2) is 23.3 Å². The summed E-state index contributed by atoms with van der Waals surface area (Å²) in [7, 11) is 1.49. The number of hydrogen-bond acceptors (Lipinski definition) is 6. The molecule has 1 atom stereocenters. The molecule has 0 saturated carbocycles. The first-order valence-electron chi connectivity index (χ1n) is 8.92. The minimum absolute atomic E-state index is 0.0145. The number of nitrogens with zero attached hydrogens (tertiary/aromatic N) is 3. The largest absolute Gasteiger partial charge is 0.464 e. The molecule has 1 aliphatic rings. The first-order valence-corrected chi connectivity index (χ1v) is 8.92. The number of hydrogen-bond donors (Lipinski definition) is 1. The highest BCUT2D eigenvalue weighted by atomic mass is 19.4. The van der Waals surface area contributed by atoms with Crippen LogP contribution in [0.5, 0.6) is 17.4 Å². The van der Waals surface area contributed by atoms with Crippen molar-refractivity contribution in [3.05, 3.63) is 35.5 Å². The molecule has 1 amide bonds. The Hall–Kier alpha value is -3.50. The van der Waals surface area contributed by atoms with Gasteiger partial charge in [-0.05, 0) is 26.0 Å². The van der Waals surface area contributed by atoms with E-state index in [1.807, 2.05) is 0 Å². The molecule has 3 heterocycles. The van der Waals surface area contributed by atoms with Gasteiger partial charge in [-0.3, -0.25) is 9.48 Å². The summed E-state index contributed by atoms with van der Waals surface area (Å²) in [4.78, 5) is 16.6. The van der Waals surface area contributed by atoms with Gasteiger partial charge in [0.2, 0.25) is 12.7 Å². The Labute approximate surface area is 168 Å². The third-order valence-electron chi connectivity index (χ3n) is 4.56. The lowest BCUT2D eigenvalue weighted by Gasteiger charge is -2.16. The highest BCUT2D eigenvalue weighted by Gasteiger charge is 2.36. The van der Waals surface area contributed by atoms with Crippen molar-refractivity contribution in [2.24, 2.45) is 7.05 Å². The Balaban J connectivity index is 1.57. The van der Waals surface area contributed by atoms with Gasteiger partial charge in [-0.25, -0.2) is 0 Å². The molecule has 158 valence electrons. The number of halogens is 3. The van der Waals surface area contributed by atoms with Crippen LogP contribution in [0.1, 0.15) is 18.2 Å². The topological polar surface area (TPSA) is 87.5 Å². The maximum absolute atomic E-state index is 13.6. The molecule has 1 aliphatic heterocycles. The van der Waals surface area contributed by atoms with Gasteiger partial charge in [-0.2, -0.15) is 23.3 Å². The average molecular weight is 422 g/mol. The van der Waals surface area contributed by atoms with Gasteiger partial charge in [0.05, 0.1) is 16.6 Å². The van der Waals surface area contributed by atoms with Crippen molar-refractivity contribution in [2.45, 2.75) is 26.1 Å². The minimum Gasteiger partial charge on any atom is -0.464 e. The van der Waals surface area contributed by atoms with Crippen LogP contribution in [-0.2, 0) is 18.0 Å². The van der Waals surface area contributed by atoms with E-state index in [4.69, 9.17) is 14.2 Å². The van der Waals surface area contributed by atoms with Crippen molar-refractivity contribution in [1.82, 2.24) is 14.8 Å². The first-order chi connectivity index (χ1) is 14.1. The maximum atomic E-state index is 13.6. The highest BCUT2D eigenvalue weighted by Crippen LogP contribution is 2.38. The van der Waals surface area contributed by atoms with Gasteiger partial charge < -0.3 is 19.5 Å². The fourth-order valence-corrected chi connectivity index (χ4v) is 3.16. The van der Waals surface area contributed by atoms with E-state index in [9.17, 15) is 18.0 Å². The number of nitrogens with one attached hydrogen (secondary N) is 1. The normalized spacial score (nSPS) is 14.1. The zero-order valence-electron chi connectivity index (χ0n) is 16.2. The third kappa shape index (κ3) is 3.58. The van der Waals surface area contributed by atoms with Crippen molar-refractivity contribution in [3.63, 3.8) is 0 Å². The number of rotatable bonds is 4. The number of pyridine rings is 1. The van der Waals surface area contributed by atoms with Crippen LogP contribution in [0.15, 0.2) is 24.3 Å². The van der Waals surface area contributed by atoms with Crippen LogP contribution in [0.3, 0.4) is 0 Å². The van der Waals surface area contributed by atoms with Gasteiger partial charge >= 0.3 is 6.18 Å². The molecule has 0 aliphatic carbocycles. The van der Waals surface area contributed by atoms with Crippen LogP contribution in [0.2, 0.25) is 0 Å². The van der Waals surface area contributed by atoms with Crippen LogP contribution in [-0.4, -0.2) is 33.6 Å². The second kappa shape index (κ2) is 7.08. The van der Waals surface area contributed by atoms with Crippen molar-refractivity contribution >= 4 is 22.6 Å². The van der Waals surface area contributed by atoms with E-state index in [0.717, 1.165) is 6.07 Å². The maximum Gasteiger partial charge on any atom is 0.417 e. The molecule has 1 N–H and O–H groups in total. The van der Waals surface area contributed by atoms with E-state index in [0.29, 0.717) is 17.2 Å². The lowest BCUT2D eigenvalue weighted by molar-refractivity contribution is -0.136. The van der Waals surface area contributed by atoms with Gasteiger partial charge in [0.25, 0.3) is 5.91 Å². The number of aromatic nitrogens is 3. The summed E-state index contributed by atoms with van der Waals surface area (Å²) in [5.74, 6) is 0.146. The number of benzene rings is 1. The Morgan fingerprint density at radius 1 is 1.27 bits per heavy atom. The molecule has 0 radical (unpaired) electrons. The van der Waals surface area contributed by atoms with Gasteiger partial charge in [-0.15, -0.1) is 0 Å². The molecular weight excluding hydrogens is 405 g/mol. The summed E-state index contributed by atoms with van der Waals surface area (Å²) in [6.07, 6.45) is -5.75. The van der Waals surface area contributed by atoms with Gasteiger partial charge in [-0.1, -0.05) is 0 Å². The van der Waals surface area contributed by atoms with Crippen LogP contribution in [0, 0.1) is 6.92 Å². The molecule has 0 spiro atoms. The van der Waals surface area contributed by atoms with Crippen LogP contribution < -0.4 is 19.5 Å². The number of ether oxygens (including phenoxy) is 3. The van der Waals surface area contributed by atoms with Crippen molar-refractivity contribution in [1.29, 1.82) is 0 Å². The molecule has 11 heteroatoms. The minimum atomic E-state index is -4.63. The van der Waals surface area contributed by atoms with Crippen LogP contribution in [0.4, 0.5) is 18.9 Å². The lowest BCUT2D eigenvalue weighted by atomic mass is 10.1. The van der Waals surface area contributed by atoms with E-state index >= 15 is 0 Å². The molecule has 0 fully saturated rings. The van der Waals surface area contributed by atoms with Gasteiger partial charge in [0, 0.05) is 24.9 Å². The quantitative estimate of drug-likeness (QED) is 0.693. The standard InChI is InChI=1S/C19H17F3N4O4/c1-9-16-12(19(20,21)22)7-15(24-17(16)26(3)25-9)30-10(2)18(27)23-11-4-5-13-14(6-11)29-8-28-13/h4-7,10H,8H2,1-3H3,(H,23,27)/t10-/m1/s1. The van der Waals surface area contributed by atoms with Crippen LogP contribution in [0.25, 0.3) is 11.0 Å². The number of anilines is 1. The fraction of sp³-hybridized carbons (Fsp3) is 0.316. The van der Waals surface area contributed by atoms with E-state index in [-0.39, 0.29) is 29.4 Å². The summed E-state index contributed by atoms with van der Waals surface area (Å²) in [5, 5.41) is 6.52. The molecule has 1 aromatic carbocycles. The molecular formula is C19H17F3N4O4. The predicted octanol–water partition coefficient (Wildman–Crippen LogP) is 3.43. The molecule has 30 heavy (non-hydrogen) atoms. The van der Waals surface area contributed by atoms with E-state index in [1.54, 1.807) is 18.2 Å². The Morgan fingerprint density at radius 2 is 2.00 bits per heavy atom. The number of aryl methyl sites for hydroxylation is 2. The SMILES string of the molecule is Cc1nn(C)c2nc(O[C@H](C)C(=O)Nc3ccc4c(c3)OCO4)cc(C(F)(F)F)c12. The molecule has 8 nitrogen and oxygen atoms in total. The summed E-state index contributed by atoms with van der Waals surface area (Å²) in [5.41, 5.74) is -0.272.